The molecule has 4 rings (SSSR count). The first-order chi connectivity index (χ1) is 14.5. The molecule has 4 amide bonds. The molecule has 0 radical (unpaired) electrons. The summed E-state index contributed by atoms with van der Waals surface area (Å²) in [4.78, 5) is 41.4. The lowest BCUT2D eigenvalue weighted by Crippen LogP contribution is -2.51. The van der Waals surface area contributed by atoms with E-state index in [4.69, 9.17) is 4.42 Å². The zero-order valence-corrected chi connectivity index (χ0v) is 17.3. The molecule has 1 aromatic carbocycles. The van der Waals surface area contributed by atoms with E-state index in [2.05, 4.69) is 10.6 Å². The molecular formula is C22H28N4O4. The van der Waals surface area contributed by atoms with Gasteiger partial charge in [0.25, 0.3) is 0 Å². The van der Waals surface area contributed by atoms with Crippen LogP contribution in [-0.4, -0.2) is 59.9 Å². The predicted octanol–water partition coefficient (Wildman–Crippen LogP) is 2.87. The predicted molar refractivity (Wildman–Crippen MR) is 113 cm³/mol. The minimum atomic E-state index is -0.626. The first-order valence-electron chi connectivity index (χ1n) is 10.6. The summed E-state index contributed by atoms with van der Waals surface area (Å²) < 4.78 is 5.55. The van der Waals surface area contributed by atoms with Crippen molar-refractivity contribution in [3.63, 3.8) is 0 Å². The lowest BCUT2D eigenvalue weighted by molar-refractivity contribution is -0.140. The molecular weight excluding hydrogens is 384 g/mol. The summed E-state index contributed by atoms with van der Waals surface area (Å²) in [5.74, 6) is 0.616. The molecule has 0 aliphatic carbocycles. The maximum absolute atomic E-state index is 13.0. The van der Waals surface area contributed by atoms with Gasteiger partial charge < -0.3 is 24.9 Å². The Balaban J connectivity index is 1.37. The van der Waals surface area contributed by atoms with Gasteiger partial charge in [-0.1, -0.05) is 0 Å². The molecule has 1 aromatic heterocycles. The molecule has 1 atom stereocenters. The molecule has 2 fully saturated rings. The van der Waals surface area contributed by atoms with Crippen LogP contribution in [-0.2, 0) is 9.59 Å². The third kappa shape index (κ3) is 4.58. The highest BCUT2D eigenvalue weighted by atomic mass is 16.3. The standard InChI is InChI=1S/C22H28N4O4/c1-15-12-16-13-17(7-8-19(16)30-15)23-22(29)24-18-6-2-3-11-26(21(18)28)14-20(27)25-9-4-5-10-25/h7-8,12-13,18H,2-6,9-11,14H2,1H3,(H2,23,24,29). The van der Waals surface area contributed by atoms with Gasteiger partial charge >= 0.3 is 6.03 Å². The number of amides is 4. The summed E-state index contributed by atoms with van der Waals surface area (Å²) in [6, 6.07) is 6.25. The van der Waals surface area contributed by atoms with Gasteiger partial charge in [0.05, 0.1) is 6.54 Å². The molecule has 30 heavy (non-hydrogen) atoms. The van der Waals surface area contributed by atoms with Gasteiger partial charge in [-0.05, 0) is 63.3 Å². The topological polar surface area (TPSA) is 94.9 Å². The van der Waals surface area contributed by atoms with Crippen LogP contribution in [0.15, 0.2) is 28.7 Å². The van der Waals surface area contributed by atoms with E-state index < -0.39 is 12.1 Å². The second-order valence-corrected chi connectivity index (χ2v) is 8.10. The Bertz CT molecular complexity index is 948. The molecule has 8 heteroatoms. The molecule has 2 saturated heterocycles. The maximum atomic E-state index is 13.0. The second-order valence-electron chi connectivity index (χ2n) is 8.10. The number of furan rings is 1. The molecule has 0 bridgehead atoms. The van der Waals surface area contributed by atoms with Crippen molar-refractivity contribution in [2.75, 3.05) is 31.5 Å². The van der Waals surface area contributed by atoms with Crippen LogP contribution in [0.5, 0.6) is 0 Å². The van der Waals surface area contributed by atoms with Crippen LogP contribution in [0, 0.1) is 6.92 Å². The van der Waals surface area contributed by atoms with Crippen molar-refractivity contribution in [1.29, 1.82) is 0 Å². The summed E-state index contributed by atoms with van der Waals surface area (Å²) >= 11 is 0. The number of likely N-dealkylation sites (tertiary alicyclic amines) is 2. The number of anilines is 1. The maximum Gasteiger partial charge on any atom is 0.319 e. The number of aryl methyl sites for hydroxylation is 1. The zero-order valence-electron chi connectivity index (χ0n) is 17.3. The number of fused-ring (bicyclic) bond motifs is 1. The van der Waals surface area contributed by atoms with Gasteiger partial charge in [-0.25, -0.2) is 4.79 Å². The molecule has 1 unspecified atom stereocenters. The fraction of sp³-hybridized carbons (Fsp3) is 0.500. The van der Waals surface area contributed by atoms with Crippen molar-refractivity contribution >= 4 is 34.5 Å². The smallest absolute Gasteiger partial charge is 0.319 e. The lowest BCUT2D eigenvalue weighted by atomic mass is 10.1. The molecule has 160 valence electrons. The summed E-state index contributed by atoms with van der Waals surface area (Å²) in [7, 11) is 0. The quantitative estimate of drug-likeness (QED) is 0.807. The number of nitrogens with zero attached hydrogens (tertiary/aromatic N) is 2. The Morgan fingerprint density at radius 1 is 1.10 bits per heavy atom. The van der Waals surface area contributed by atoms with Crippen molar-refractivity contribution < 1.29 is 18.8 Å². The van der Waals surface area contributed by atoms with Gasteiger partial charge in [0.15, 0.2) is 0 Å². The Labute approximate surface area is 175 Å². The van der Waals surface area contributed by atoms with Gasteiger partial charge in [0.2, 0.25) is 11.8 Å². The van der Waals surface area contributed by atoms with Crippen molar-refractivity contribution in [3.8, 4) is 0 Å². The number of urea groups is 1. The minimum absolute atomic E-state index is 0.00494. The summed E-state index contributed by atoms with van der Waals surface area (Å²) in [5, 5.41) is 6.49. The van der Waals surface area contributed by atoms with Crippen LogP contribution in [0.1, 0.15) is 37.9 Å². The lowest BCUT2D eigenvalue weighted by Gasteiger charge is -2.26. The largest absolute Gasteiger partial charge is 0.461 e. The second kappa shape index (κ2) is 8.77. The van der Waals surface area contributed by atoms with Crippen LogP contribution in [0.25, 0.3) is 11.0 Å². The van der Waals surface area contributed by atoms with Crippen LogP contribution >= 0.6 is 0 Å². The van der Waals surface area contributed by atoms with Gasteiger partial charge in [-0.2, -0.15) is 0 Å². The van der Waals surface area contributed by atoms with Crippen LogP contribution in [0.2, 0.25) is 0 Å². The van der Waals surface area contributed by atoms with Gasteiger partial charge in [-0.15, -0.1) is 0 Å². The Hall–Kier alpha value is -3.03. The van der Waals surface area contributed by atoms with E-state index in [1.54, 1.807) is 17.0 Å². The van der Waals surface area contributed by atoms with E-state index in [0.717, 1.165) is 55.5 Å². The Kier molecular flexibility index (Phi) is 5.92. The average Bonchev–Trinajstić information content (AvgIpc) is 3.34. The Morgan fingerprint density at radius 3 is 2.67 bits per heavy atom. The normalized spacial score (nSPS) is 19.8. The van der Waals surface area contributed by atoms with E-state index in [1.807, 2.05) is 24.0 Å². The van der Waals surface area contributed by atoms with Crippen molar-refractivity contribution in [2.24, 2.45) is 0 Å². The van der Waals surface area contributed by atoms with E-state index in [9.17, 15) is 14.4 Å². The van der Waals surface area contributed by atoms with Crippen molar-refractivity contribution in [1.82, 2.24) is 15.1 Å². The molecule has 2 N–H and O–H groups in total. The van der Waals surface area contributed by atoms with E-state index in [0.29, 0.717) is 18.7 Å². The molecule has 0 spiro atoms. The summed E-state index contributed by atoms with van der Waals surface area (Å²) in [6.07, 6.45) is 4.27. The number of benzene rings is 1. The molecule has 2 aliphatic heterocycles. The number of nitrogens with one attached hydrogen (secondary N) is 2. The third-order valence-electron chi connectivity index (χ3n) is 5.77. The minimum Gasteiger partial charge on any atom is -0.461 e. The van der Waals surface area contributed by atoms with E-state index in [1.165, 1.54) is 0 Å². The average molecular weight is 412 g/mol. The number of hydrogen-bond donors (Lipinski definition) is 2. The highest BCUT2D eigenvalue weighted by molar-refractivity contribution is 5.96. The fourth-order valence-electron chi connectivity index (χ4n) is 4.21. The third-order valence-corrected chi connectivity index (χ3v) is 5.77. The number of rotatable bonds is 4. The van der Waals surface area contributed by atoms with Crippen LogP contribution in [0.4, 0.5) is 10.5 Å². The highest BCUT2D eigenvalue weighted by Gasteiger charge is 2.31. The van der Waals surface area contributed by atoms with Crippen molar-refractivity contribution in [2.45, 2.75) is 45.1 Å². The summed E-state index contributed by atoms with van der Waals surface area (Å²) in [6.45, 7) is 4.05. The molecule has 2 aliphatic rings. The summed E-state index contributed by atoms with van der Waals surface area (Å²) in [5.41, 5.74) is 1.39. The van der Waals surface area contributed by atoms with Crippen LogP contribution in [0.3, 0.4) is 0 Å². The Morgan fingerprint density at radius 2 is 1.87 bits per heavy atom. The number of hydrogen-bond acceptors (Lipinski definition) is 4. The van der Waals surface area contributed by atoms with Gasteiger partial charge in [0.1, 0.15) is 17.4 Å². The van der Waals surface area contributed by atoms with E-state index in [-0.39, 0.29) is 18.4 Å². The first-order valence-corrected chi connectivity index (χ1v) is 10.6. The van der Waals surface area contributed by atoms with E-state index >= 15 is 0 Å². The monoisotopic (exact) mass is 412 g/mol. The van der Waals surface area contributed by atoms with Crippen LogP contribution < -0.4 is 10.6 Å². The van der Waals surface area contributed by atoms with Gasteiger partial charge in [-0.3, -0.25) is 9.59 Å². The first kappa shape index (κ1) is 20.3. The molecule has 0 saturated carbocycles. The van der Waals surface area contributed by atoms with Gasteiger partial charge in [0, 0.05) is 30.7 Å². The molecule has 3 heterocycles. The molecule has 2 aromatic rings. The number of carbonyl (C=O) groups is 3. The fourth-order valence-corrected chi connectivity index (χ4v) is 4.21. The van der Waals surface area contributed by atoms with Crippen molar-refractivity contribution in [3.05, 3.63) is 30.0 Å². The molecule has 8 nitrogen and oxygen atoms in total. The number of carbonyl (C=O) groups excluding carboxylic acids is 3. The zero-order chi connectivity index (χ0) is 21.1. The SMILES string of the molecule is Cc1cc2cc(NC(=O)NC3CCCCN(CC(=O)N4CCCC4)C3=O)ccc2o1. The highest BCUT2D eigenvalue weighted by Crippen LogP contribution is 2.22.